The molecule has 114 valence electrons. The normalized spacial score (nSPS) is 25.1. The summed E-state index contributed by atoms with van der Waals surface area (Å²) >= 11 is 0. The Kier molecular flexibility index (Phi) is 4.00. The van der Waals surface area contributed by atoms with E-state index in [0.29, 0.717) is 37.8 Å². The van der Waals surface area contributed by atoms with Crippen LogP contribution in [0.4, 0.5) is 5.69 Å². The predicted molar refractivity (Wildman–Crippen MR) is 76.3 cm³/mol. The zero-order chi connectivity index (χ0) is 15.5. The van der Waals surface area contributed by atoms with Gasteiger partial charge < -0.3 is 9.47 Å². The van der Waals surface area contributed by atoms with Gasteiger partial charge >= 0.3 is 0 Å². The molecule has 8 heteroatoms. The molecule has 0 unspecified atom stereocenters. The minimum absolute atomic E-state index is 0.00362. The second-order valence-corrected chi connectivity index (χ2v) is 4.97. The summed E-state index contributed by atoms with van der Waals surface area (Å²) < 4.78 is 11.1. The van der Waals surface area contributed by atoms with Gasteiger partial charge in [-0.1, -0.05) is 0 Å². The molecule has 1 fully saturated rings. The molecule has 22 heavy (non-hydrogen) atoms. The summed E-state index contributed by atoms with van der Waals surface area (Å²) in [6.07, 6.45) is -0.431. The second-order valence-electron chi connectivity index (χ2n) is 4.97. The molecule has 0 aliphatic carbocycles. The highest BCUT2D eigenvalue weighted by molar-refractivity contribution is 5.95. The Hall–Kier alpha value is -2.50. The maximum absolute atomic E-state index is 10.7. The Morgan fingerprint density at radius 1 is 1.32 bits per heavy atom. The van der Waals surface area contributed by atoms with Crippen LogP contribution in [-0.4, -0.2) is 54.3 Å². The fourth-order valence-electron chi connectivity index (χ4n) is 2.47. The average Bonchev–Trinajstić information content (AvgIpc) is 3.00. The van der Waals surface area contributed by atoms with Crippen molar-refractivity contribution in [2.45, 2.75) is 12.3 Å². The molecule has 0 aromatic heterocycles. The van der Waals surface area contributed by atoms with Gasteiger partial charge in [0.15, 0.2) is 12.3 Å². The summed E-state index contributed by atoms with van der Waals surface area (Å²) in [7, 11) is 0. The van der Waals surface area contributed by atoms with Crippen LogP contribution >= 0.6 is 0 Å². The van der Waals surface area contributed by atoms with Crippen molar-refractivity contribution < 1.29 is 14.4 Å². The minimum atomic E-state index is -0.608. The zero-order valence-electron chi connectivity index (χ0n) is 11.7. The molecule has 0 bridgehead atoms. The number of nitro groups is 1. The number of nitro benzene ring substituents is 1. The highest BCUT2D eigenvalue weighted by atomic mass is 16.6. The maximum Gasteiger partial charge on any atom is 0.269 e. The van der Waals surface area contributed by atoms with Crippen LogP contribution in [0.1, 0.15) is 5.56 Å². The van der Waals surface area contributed by atoms with E-state index in [2.05, 4.69) is 11.1 Å². The van der Waals surface area contributed by atoms with Gasteiger partial charge in [0.25, 0.3) is 5.69 Å². The number of non-ortho nitro benzene ring substituents is 1. The van der Waals surface area contributed by atoms with Crippen LogP contribution in [-0.2, 0) is 9.47 Å². The Morgan fingerprint density at radius 2 is 2.00 bits per heavy atom. The lowest BCUT2D eigenvalue weighted by Crippen LogP contribution is -2.47. The Morgan fingerprint density at radius 3 is 2.59 bits per heavy atom. The van der Waals surface area contributed by atoms with E-state index in [4.69, 9.17) is 9.47 Å². The van der Waals surface area contributed by atoms with Gasteiger partial charge in [-0.2, -0.15) is 5.26 Å². The van der Waals surface area contributed by atoms with Gasteiger partial charge in [0.05, 0.1) is 24.2 Å². The quantitative estimate of drug-likeness (QED) is 0.608. The first kappa shape index (κ1) is 14.4. The van der Waals surface area contributed by atoms with Gasteiger partial charge in [-0.3, -0.25) is 15.0 Å². The average molecular weight is 302 g/mol. The van der Waals surface area contributed by atoms with E-state index >= 15 is 0 Å². The molecule has 1 saturated heterocycles. The van der Waals surface area contributed by atoms with E-state index in [0.717, 1.165) is 0 Å². The molecule has 0 radical (unpaired) electrons. The van der Waals surface area contributed by atoms with Crippen LogP contribution in [0.3, 0.4) is 0 Å². The highest BCUT2D eigenvalue weighted by Crippen LogP contribution is 2.23. The summed E-state index contributed by atoms with van der Waals surface area (Å²) in [5.74, 6) is 0.345. The molecule has 0 spiro atoms. The van der Waals surface area contributed by atoms with Crippen molar-refractivity contribution >= 4 is 11.6 Å². The maximum atomic E-state index is 10.7. The lowest BCUT2D eigenvalue weighted by atomic mass is 10.2. The van der Waals surface area contributed by atoms with Crippen molar-refractivity contribution in [3.63, 3.8) is 0 Å². The van der Waals surface area contributed by atoms with Crippen LogP contribution in [0, 0.1) is 21.4 Å². The minimum Gasteiger partial charge on any atom is -0.455 e. The molecular weight excluding hydrogens is 288 g/mol. The molecule has 1 aromatic carbocycles. The number of hydrogen-bond donors (Lipinski definition) is 0. The van der Waals surface area contributed by atoms with Crippen molar-refractivity contribution in [3.05, 3.63) is 39.9 Å². The van der Waals surface area contributed by atoms with E-state index in [1.165, 1.54) is 12.1 Å². The SMILES string of the molecule is N#C[C@@H]1N=C(c2ccc([N+](=O)[O-])cc2)O[C@H]1N1CCOCC1. The smallest absolute Gasteiger partial charge is 0.269 e. The second kappa shape index (κ2) is 6.09. The standard InChI is InChI=1S/C14H14N4O4/c15-9-12-14(17-5-7-21-8-6-17)22-13(16-12)10-1-3-11(4-2-10)18(19)20/h1-4,12,14H,5-8H2/t12-,14+/m0/s1. The number of benzene rings is 1. The third kappa shape index (κ3) is 2.77. The first-order chi connectivity index (χ1) is 10.7. The van der Waals surface area contributed by atoms with Gasteiger partial charge in [-0.25, -0.2) is 4.99 Å². The number of rotatable bonds is 3. The molecular formula is C14H14N4O4. The van der Waals surface area contributed by atoms with Crippen LogP contribution in [0.2, 0.25) is 0 Å². The number of ether oxygens (including phenoxy) is 2. The monoisotopic (exact) mass is 302 g/mol. The van der Waals surface area contributed by atoms with E-state index < -0.39 is 17.2 Å². The molecule has 0 saturated carbocycles. The molecule has 2 aliphatic rings. The van der Waals surface area contributed by atoms with Crippen molar-refractivity contribution in [1.29, 1.82) is 5.26 Å². The van der Waals surface area contributed by atoms with Crippen molar-refractivity contribution in [2.24, 2.45) is 4.99 Å². The summed E-state index contributed by atoms with van der Waals surface area (Å²) in [4.78, 5) is 16.5. The van der Waals surface area contributed by atoms with Crippen molar-refractivity contribution in [1.82, 2.24) is 4.90 Å². The Labute approximate surface area is 126 Å². The van der Waals surface area contributed by atoms with E-state index in [1.54, 1.807) is 12.1 Å². The Balaban J connectivity index is 1.77. The number of nitriles is 1. The highest BCUT2D eigenvalue weighted by Gasteiger charge is 2.37. The van der Waals surface area contributed by atoms with Crippen molar-refractivity contribution in [2.75, 3.05) is 26.3 Å². The summed E-state index contributed by atoms with van der Waals surface area (Å²) in [5, 5.41) is 19.9. The first-order valence-corrected chi connectivity index (χ1v) is 6.90. The van der Waals surface area contributed by atoms with Gasteiger partial charge in [0.1, 0.15) is 0 Å². The van der Waals surface area contributed by atoms with Crippen LogP contribution in [0.15, 0.2) is 29.3 Å². The van der Waals surface area contributed by atoms with Gasteiger partial charge in [-0.15, -0.1) is 0 Å². The molecule has 2 atom stereocenters. The zero-order valence-corrected chi connectivity index (χ0v) is 11.7. The van der Waals surface area contributed by atoms with Crippen molar-refractivity contribution in [3.8, 4) is 6.07 Å². The molecule has 3 rings (SSSR count). The van der Waals surface area contributed by atoms with E-state index in [-0.39, 0.29) is 5.69 Å². The molecule has 0 amide bonds. The fourth-order valence-corrected chi connectivity index (χ4v) is 2.47. The first-order valence-electron chi connectivity index (χ1n) is 6.90. The summed E-state index contributed by atoms with van der Waals surface area (Å²) in [5.41, 5.74) is 0.630. The van der Waals surface area contributed by atoms with Crippen LogP contribution in [0.5, 0.6) is 0 Å². The van der Waals surface area contributed by atoms with E-state index in [9.17, 15) is 15.4 Å². The molecule has 8 nitrogen and oxygen atoms in total. The molecule has 2 heterocycles. The summed E-state index contributed by atoms with van der Waals surface area (Å²) in [6.45, 7) is 2.58. The lowest BCUT2D eigenvalue weighted by molar-refractivity contribution is -0.384. The summed E-state index contributed by atoms with van der Waals surface area (Å²) in [6, 6.07) is 7.47. The van der Waals surface area contributed by atoms with Crippen LogP contribution < -0.4 is 0 Å². The van der Waals surface area contributed by atoms with E-state index in [1.807, 2.05) is 4.90 Å². The topological polar surface area (TPSA) is 101 Å². The number of hydrogen-bond acceptors (Lipinski definition) is 7. The molecule has 2 aliphatic heterocycles. The predicted octanol–water partition coefficient (Wildman–Crippen LogP) is 0.922. The lowest BCUT2D eigenvalue weighted by Gasteiger charge is -2.32. The van der Waals surface area contributed by atoms with Gasteiger partial charge in [-0.05, 0) is 12.1 Å². The third-order valence-corrected chi connectivity index (χ3v) is 3.62. The fraction of sp³-hybridized carbons (Fsp3) is 0.429. The number of nitrogens with zero attached hydrogens (tertiary/aromatic N) is 4. The molecule has 1 aromatic rings. The largest absolute Gasteiger partial charge is 0.455 e. The van der Waals surface area contributed by atoms with Crippen LogP contribution in [0.25, 0.3) is 0 Å². The number of aliphatic imine (C=N–C) groups is 1. The van der Waals surface area contributed by atoms with Gasteiger partial charge in [0, 0.05) is 30.8 Å². The van der Waals surface area contributed by atoms with Gasteiger partial charge in [0.2, 0.25) is 5.90 Å². The molecule has 0 N–H and O–H groups in total. The Bertz CT molecular complexity index is 631. The third-order valence-electron chi connectivity index (χ3n) is 3.62. The number of morpholine rings is 1.